The third kappa shape index (κ3) is 6.48. The summed E-state index contributed by atoms with van der Waals surface area (Å²) < 4.78 is 82.5. The first-order valence-electron chi connectivity index (χ1n) is 15.3. The molecule has 2 atom stereocenters. The van der Waals surface area contributed by atoms with E-state index in [1.165, 1.54) is 41.1 Å². The number of hydrogen-bond acceptors (Lipinski definition) is 9. The van der Waals surface area contributed by atoms with Crippen LogP contribution >= 0.6 is 0 Å². The van der Waals surface area contributed by atoms with Gasteiger partial charge in [-0.3, -0.25) is 14.2 Å². The minimum Gasteiger partial charge on any atom is -0.481 e. The van der Waals surface area contributed by atoms with Crippen molar-refractivity contribution >= 4 is 21.6 Å². The van der Waals surface area contributed by atoms with E-state index in [-0.39, 0.29) is 42.7 Å². The van der Waals surface area contributed by atoms with Crippen molar-refractivity contribution in [3.05, 3.63) is 76.6 Å². The molecule has 4 aromatic rings. The van der Waals surface area contributed by atoms with E-state index in [9.17, 15) is 31.5 Å². The topological polar surface area (TPSA) is 149 Å². The number of aryl methyl sites for hydroxylation is 2. The summed E-state index contributed by atoms with van der Waals surface area (Å²) in [6.45, 7) is 9.07. The summed E-state index contributed by atoms with van der Waals surface area (Å²) in [6, 6.07) is 6.12. The van der Waals surface area contributed by atoms with Gasteiger partial charge in [0.05, 0.1) is 12.0 Å². The van der Waals surface area contributed by atoms with Crippen LogP contribution in [0.2, 0.25) is 0 Å². The van der Waals surface area contributed by atoms with Crippen LogP contribution in [-0.2, 0) is 32.3 Å². The summed E-state index contributed by atoms with van der Waals surface area (Å²) >= 11 is 0. The molecule has 0 amide bonds. The highest BCUT2D eigenvalue weighted by molar-refractivity contribution is 7.89. The Hall–Kier alpha value is -4.15. The molecular weight excluding hydrogens is 653 g/mol. The number of halogens is 3. The van der Waals surface area contributed by atoms with Crippen molar-refractivity contribution in [1.29, 1.82) is 0 Å². The molecule has 1 N–H and O–H groups in total. The summed E-state index contributed by atoms with van der Waals surface area (Å²) in [5.41, 5.74) is 0.678. The summed E-state index contributed by atoms with van der Waals surface area (Å²) in [7, 11) is -4.14. The number of hydrogen-bond donors (Lipinski definition) is 1. The number of aromatic nitrogens is 5. The number of aliphatic carboxylic acids is 1. The molecule has 0 aliphatic carbocycles. The fraction of sp³-hybridized carbons (Fsp3) is 0.469. The van der Waals surface area contributed by atoms with Gasteiger partial charge in [-0.15, -0.1) is 10.2 Å². The Morgan fingerprint density at radius 1 is 1.10 bits per heavy atom. The van der Waals surface area contributed by atoms with Gasteiger partial charge in [0.2, 0.25) is 21.7 Å². The van der Waals surface area contributed by atoms with Crippen LogP contribution in [0.25, 0.3) is 5.65 Å². The molecule has 48 heavy (non-hydrogen) atoms. The second-order valence-electron chi connectivity index (χ2n) is 12.3. The van der Waals surface area contributed by atoms with Gasteiger partial charge in [-0.1, -0.05) is 19.9 Å². The van der Waals surface area contributed by atoms with Crippen molar-refractivity contribution in [1.82, 2.24) is 28.9 Å². The Labute approximate surface area is 276 Å². The van der Waals surface area contributed by atoms with Crippen molar-refractivity contribution in [2.24, 2.45) is 11.3 Å². The van der Waals surface area contributed by atoms with Crippen LogP contribution < -0.4 is 4.74 Å². The first-order chi connectivity index (χ1) is 22.6. The van der Waals surface area contributed by atoms with Gasteiger partial charge in [0.25, 0.3) is 0 Å². The maximum absolute atomic E-state index is 14.1. The maximum atomic E-state index is 14.1. The van der Waals surface area contributed by atoms with Crippen LogP contribution in [0, 0.1) is 25.2 Å². The summed E-state index contributed by atoms with van der Waals surface area (Å²) in [4.78, 5) is 21.7. The van der Waals surface area contributed by atoms with Crippen molar-refractivity contribution in [3.63, 3.8) is 0 Å². The van der Waals surface area contributed by atoms with E-state index in [2.05, 4.69) is 20.2 Å². The highest BCUT2D eigenvalue weighted by atomic mass is 32.2. The predicted octanol–water partition coefficient (Wildman–Crippen LogP) is 5.02. The van der Waals surface area contributed by atoms with Crippen LogP contribution in [0.3, 0.4) is 0 Å². The van der Waals surface area contributed by atoms with Crippen LogP contribution in [0.1, 0.15) is 66.9 Å². The molecule has 12 nitrogen and oxygen atoms in total. The molecule has 1 aliphatic heterocycles. The normalized spacial score (nSPS) is 18.0. The van der Waals surface area contributed by atoms with E-state index < -0.39 is 45.2 Å². The summed E-state index contributed by atoms with van der Waals surface area (Å²) in [5.74, 6) is -3.75. The van der Waals surface area contributed by atoms with E-state index in [0.717, 1.165) is 4.40 Å². The monoisotopic (exact) mass is 690 g/mol. The zero-order chi connectivity index (χ0) is 35.0. The molecule has 1 aliphatic rings. The molecule has 258 valence electrons. The Morgan fingerprint density at radius 3 is 2.54 bits per heavy atom. The number of nitrogens with zero attached hydrogens (tertiary/aromatic N) is 6. The second kappa shape index (κ2) is 13.4. The lowest BCUT2D eigenvalue weighted by molar-refractivity contribution is -0.151. The lowest BCUT2D eigenvalue weighted by atomic mass is 9.63. The fourth-order valence-electron chi connectivity index (χ4n) is 6.01. The number of ether oxygens (including phenoxy) is 2. The minimum absolute atomic E-state index is 0.0427. The molecule has 5 rings (SSSR count). The quantitative estimate of drug-likeness (QED) is 0.280. The SMILES string of the molecule is Cc1ncc(C(c2ccn3c(C(F)(F)F)nnc3c2C)C(C)(C(=O)O)C(C)C)cc1CN1CCCOCCOc2ncccc2S1(=O)=O. The Kier molecular flexibility index (Phi) is 9.81. The summed E-state index contributed by atoms with van der Waals surface area (Å²) in [6.07, 6.45) is -0.201. The van der Waals surface area contributed by atoms with E-state index in [0.29, 0.717) is 41.0 Å². The summed E-state index contributed by atoms with van der Waals surface area (Å²) in [5, 5.41) is 17.8. The van der Waals surface area contributed by atoms with Crippen molar-refractivity contribution < 1.29 is 41.0 Å². The third-order valence-electron chi connectivity index (χ3n) is 9.10. The molecular formula is C32H37F3N6O6S. The molecule has 0 saturated heterocycles. The Balaban J connectivity index is 1.65. The van der Waals surface area contributed by atoms with Crippen LogP contribution in [-0.4, -0.2) is 74.7 Å². The largest absolute Gasteiger partial charge is 0.481 e. The first kappa shape index (κ1) is 35.2. The average Bonchev–Trinajstić information content (AvgIpc) is 3.47. The molecule has 2 unspecified atom stereocenters. The van der Waals surface area contributed by atoms with Crippen LogP contribution in [0.15, 0.2) is 47.8 Å². The fourth-order valence-corrected chi connectivity index (χ4v) is 7.55. The van der Waals surface area contributed by atoms with Gasteiger partial charge in [0, 0.05) is 49.9 Å². The molecule has 4 aromatic heterocycles. The number of pyridine rings is 3. The standard InChI is InChI=1S/C32H37F3N6O6S/c1-19(2)31(5,30(42)43)26(24-9-12-41-27(20(24)3)38-39-29(41)32(33,34)35)22-16-23(21(4)37-17-22)18-40-11-7-13-46-14-15-47-28-25(48(40,44)45)8-6-10-36-28/h6,8-10,12,16-17,19,26H,7,11,13-15,18H2,1-5H3,(H,42,43). The van der Waals surface area contributed by atoms with Crippen molar-refractivity contribution in [3.8, 4) is 5.88 Å². The van der Waals surface area contributed by atoms with Crippen LogP contribution in [0.4, 0.5) is 13.2 Å². The Bertz CT molecular complexity index is 1930. The average molecular weight is 691 g/mol. The maximum Gasteiger partial charge on any atom is 0.452 e. The van der Waals surface area contributed by atoms with Gasteiger partial charge in [0.1, 0.15) is 11.5 Å². The number of alkyl halides is 3. The number of sulfonamides is 1. The molecule has 0 radical (unpaired) electrons. The molecule has 0 spiro atoms. The number of carboxylic acid groups (broad SMARTS) is 1. The van der Waals surface area contributed by atoms with E-state index in [4.69, 9.17) is 9.47 Å². The first-order valence-corrected chi connectivity index (χ1v) is 16.8. The highest BCUT2D eigenvalue weighted by Gasteiger charge is 2.47. The van der Waals surface area contributed by atoms with Gasteiger partial charge in [-0.2, -0.15) is 17.5 Å². The zero-order valence-corrected chi connectivity index (χ0v) is 28.0. The highest BCUT2D eigenvalue weighted by Crippen LogP contribution is 2.48. The van der Waals surface area contributed by atoms with Gasteiger partial charge >= 0.3 is 12.1 Å². The molecule has 0 saturated carbocycles. The third-order valence-corrected chi connectivity index (χ3v) is 11.0. The van der Waals surface area contributed by atoms with Gasteiger partial charge in [-0.25, -0.2) is 13.4 Å². The van der Waals surface area contributed by atoms with E-state index in [1.54, 1.807) is 40.7 Å². The van der Waals surface area contributed by atoms with Crippen LogP contribution in [0.5, 0.6) is 5.88 Å². The zero-order valence-electron chi connectivity index (χ0n) is 27.2. The van der Waals surface area contributed by atoms with Crippen molar-refractivity contribution in [2.45, 2.75) is 64.6 Å². The molecule has 16 heteroatoms. The number of carbonyl (C=O) groups is 1. The molecule has 0 aromatic carbocycles. The van der Waals surface area contributed by atoms with Gasteiger partial charge < -0.3 is 14.6 Å². The van der Waals surface area contributed by atoms with E-state index in [1.807, 2.05) is 0 Å². The number of rotatable bonds is 7. The molecule has 0 bridgehead atoms. The lowest BCUT2D eigenvalue weighted by Gasteiger charge is -2.39. The van der Waals surface area contributed by atoms with Crippen molar-refractivity contribution in [2.75, 3.05) is 26.4 Å². The second-order valence-corrected chi connectivity index (χ2v) is 14.2. The minimum atomic E-state index is -4.76. The lowest BCUT2D eigenvalue weighted by Crippen LogP contribution is -2.40. The number of fused-ring (bicyclic) bond motifs is 2. The Morgan fingerprint density at radius 2 is 1.85 bits per heavy atom. The molecule has 5 heterocycles. The van der Waals surface area contributed by atoms with Gasteiger partial charge in [-0.05, 0) is 73.6 Å². The smallest absolute Gasteiger partial charge is 0.452 e. The predicted molar refractivity (Wildman–Crippen MR) is 167 cm³/mol. The number of carboxylic acids is 1. The van der Waals surface area contributed by atoms with Gasteiger partial charge in [0.15, 0.2) is 5.65 Å². The van der Waals surface area contributed by atoms with E-state index >= 15 is 0 Å². The molecule has 0 fully saturated rings.